The smallest absolute Gasteiger partial charge is 0.220 e. The molecule has 1 amide bonds. The van der Waals surface area contributed by atoms with Crippen molar-refractivity contribution in [3.05, 3.63) is 35.5 Å². The van der Waals surface area contributed by atoms with Crippen molar-refractivity contribution in [3.8, 4) is 0 Å². The molecule has 3 rings (SSSR count). The molecule has 0 aliphatic heterocycles. The van der Waals surface area contributed by atoms with Crippen molar-refractivity contribution in [2.24, 2.45) is 5.92 Å². The lowest BCUT2D eigenvalue weighted by atomic mass is 10.0. The Morgan fingerprint density at radius 2 is 1.86 bits per heavy atom. The van der Waals surface area contributed by atoms with Crippen LogP contribution in [0.2, 0.25) is 5.02 Å². The minimum absolute atomic E-state index is 0.234. The van der Waals surface area contributed by atoms with Gasteiger partial charge in [-0.15, -0.1) is 0 Å². The number of carbonyl (C=O) groups excluding carboxylic acids is 1. The van der Waals surface area contributed by atoms with E-state index in [1.807, 2.05) is 30.5 Å². The first kappa shape index (κ1) is 20.9. The summed E-state index contributed by atoms with van der Waals surface area (Å²) in [6, 6.07) is 7.82. The largest absolute Gasteiger partial charge is 0.384 e. The standard InChI is InChI=1S/C23H32ClN3O/c24-19-10-11-20-21(13-16-26-22(20)17-19)25-14-5-1-2-6-15-27-23(28)12-9-18-7-3-4-8-18/h10-11,13,16-18H,1-9,12,14-15H2,(H,25,26)(H,27,28). The van der Waals surface area contributed by atoms with Gasteiger partial charge in [0.25, 0.3) is 0 Å². The van der Waals surface area contributed by atoms with Crippen LogP contribution < -0.4 is 10.6 Å². The lowest BCUT2D eigenvalue weighted by Gasteiger charge is -2.10. The van der Waals surface area contributed by atoms with Gasteiger partial charge in [-0.25, -0.2) is 0 Å². The Hall–Kier alpha value is -1.81. The number of nitrogens with one attached hydrogen (secondary N) is 2. The highest BCUT2D eigenvalue weighted by molar-refractivity contribution is 6.31. The van der Waals surface area contributed by atoms with Crippen LogP contribution >= 0.6 is 11.6 Å². The Morgan fingerprint density at radius 3 is 2.68 bits per heavy atom. The molecule has 1 aliphatic rings. The second kappa shape index (κ2) is 11.3. The number of hydrogen-bond acceptors (Lipinski definition) is 3. The van der Waals surface area contributed by atoms with E-state index in [0.29, 0.717) is 11.4 Å². The Labute approximate surface area is 173 Å². The predicted molar refractivity (Wildman–Crippen MR) is 118 cm³/mol. The van der Waals surface area contributed by atoms with E-state index in [1.165, 1.54) is 32.1 Å². The molecule has 1 aromatic carbocycles. The maximum absolute atomic E-state index is 11.9. The molecule has 1 aliphatic carbocycles. The fraction of sp³-hybridized carbons (Fsp3) is 0.565. The third-order valence-corrected chi connectivity index (χ3v) is 5.94. The molecule has 1 fully saturated rings. The van der Waals surface area contributed by atoms with Crippen LogP contribution in [0.1, 0.15) is 64.2 Å². The van der Waals surface area contributed by atoms with Gasteiger partial charge in [0.1, 0.15) is 0 Å². The average molecular weight is 402 g/mol. The van der Waals surface area contributed by atoms with Gasteiger partial charge >= 0.3 is 0 Å². The molecule has 0 radical (unpaired) electrons. The Morgan fingerprint density at radius 1 is 1.07 bits per heavy atom. The number of hydrogen-bond donors (Lipinski definition) is 2. The van der Waals surface area contributed by atoms with Gasteiger partial charge in [0, 0.05) is 41.8 Å². The first-order valence-electron chi connectivity index (χ1n) is 10.8. The van der Waals surface area contributed by atoms with Crippen LogP contribution in [0.3, 0.4) is 0 Å². The zero-order valence-corrected chi connectivity index (χ0v) is 17.4. The van der Waals surface area contributed by atoms with Gasteiger partial charge in [0.2, 0.25) is 5.91 Å². The Balaban J connectivity index is 1.23. The number of unbranched alkanes of at least 4 members (excludes halogenated alkanes) is 3. The maximum atomic E-state index is 11.9. The van der Waals surface area contributed by atoms with Crippen molar-refractivity contribution in [1.82, 2.24) is 10.3 Å². The number of anilines is 1. The summed E-state index contributed by atoms with van der Waals surface area (Å²) >= 11 is 6.04. The zero-order chi connectivity index (χ0) is 19.6. The van der Waals surface area contributed by atoms with Crippen LogP contribution in [-0.2, 0) is 4.79 Å². The van der Waals surface area contributed by atoms with Crippen molar-refractivity contribution < 1.29 is 4.79 Å². The number of halogens is 1. The summed E-state index contributed by atoms with van der Waals surface area (Å²) < 4.78 is 0. The normalized spacial score (nSPS) is 14.5. The average Bonchev–Trinajstić information content (AvgIpc) is 3.22. The molecule has 1 aromatic heterocycles. The fourth-order valence-corrected chi connectivity index (χ4v) is 4.22. The summed E-state index contributed by atoms with van der Waals surface area (Å²) in [5.74, 6) is 1.03. The van der Waals surface area contributed by atoms with Crippen LogP contribution in [0.5, 0.6) is 0 Å². The van der Waals surface area contributed by atoms with Crippen molar-refractivity contribution >= 4 is 34.1 Å². The van der Waals surface area contributed by atoms with E-state index in [2.05, 4.69) is 15.6 Å². The number of nitrogens with zero attached hydrogens (tertiary/aromatic N) is 1. The van der Waals surface area contributed by atoms with Gasteiger partial charge in [0.15, 0.2) is 0 Å². The van der Waals surface area contributed by atoms with Crippen molar-refractivity contribution in [2.45, 2.75) is 64.2 Å². The number of aromatic nitrogens is 1. The van der Waals surface area contributed by atoms with E-state index in [9.17, 15) is 4.79 Å². The van der Waals surface area contributed by atoms with Gasteiger partial charge in [-0.3, -0.25) is 9.78 Å². The molecule has 4 nitrogen and oxygen atoms in total. The summed E-state index contributed by atoms with van der Waals surface area (Å²) in [6.07, 6.45) is 13.5. The molecule has 1 heterocycles. The second-order valence-electron chi connectivity index (χ2n) is 7.90. The quantitative estimate of drug-likeness (QED) is 0.457. The summed E-state index contributed by atoms with van der Waals surface area (Å²) in [5, 5.41) is 8.40. The summed E-state index contributed by atoms with van der Waals surface area (Å²) in [7, 11) is 0. The topological polar surface area (TPSA) is 54.0 Å². The van der Waals surface area contributed by atoms with E-state index in [4.69, 9.17) is 11.6 Å². The lowest BCUT2D eigenvalue weighted by molar-refractivity contribution is -0.121. The number of amides is 1. The first-order chi connectivity index (χ1) is 13.7. The van der Waals surface area contributed by atoms with Gasteiger partial charge < -0.3 is 10.6 Å². The van der Waals surface area contributed by atoms with Crippen molar-refractivity contribution in [1.29, 1.82) is 0 Å². The lowest BCUT2D eigenvalue weighted by Crippen LogP contribution is -2.24. The highest BCUT2D eigenvalue weighted by Crippen LogP contribution is 2.28. The van der Waals surface area contributed by atoms with Gasteiger partial charge in [-0.05, 0) is 49.4 Å². The third-order valence-electron chi connectivity index (χ3n) is 5.70. The number of benzene rings is 1. The monoisotopic (exact) mass is 401 g/mol. The van der Waals surface area contributed by atoms with E-state index < -0.39 is 0 Å². The fourth-order valence-electron chi connectivity index (χ4n) is 4.05. The SMILES string of the molecule is O=C(CCC1CCCC1)NCCCCCCNc1ccnc2cc(Cl)ccc12. The van der Waals surface area contributed by atoms with Crippen molar-refractivity contribution in [3.63, 3.8) is 0 Å². The molecule has 0 bridgehead atoms. The van der Waals surface area contributed by atoms with Crippen LogP contribution in [0, 0.1) is 5.92 Å². The van der Waals surface area contributed by atoms with Gasteiger partial charge in [-0.1, -0.05) is 50.1 Å². The summed E-state index contributed by atoms with van der Waals surface area (Å²) in [5.41, 5.74) is 2.03. The molecule has 2 aromatic rings. The molecule has 0 atom stereocenters. The summed E-state index contributed by atoms with van der Waals surface area (Å²) in [6.45, 7) is 1.75. The van der Waals surface area contributed by atoms with Crippen molar-refractivity contribution in [2.75, 3.05) is 18.4 Å². The van der Waals surface area contributed by atoms with Crippen LogP contribution in [0.25, 0.3) is 10.9 Å². The molecular formula is C23H32ClN3O. The molecule has 1 saturated carbocycles. The highest BCUT2D eigenvalue weighted by Gasteiger charge is 2.15. The minimum atomic E-state index is 0.234. The maximum Gasteiger partial charge on any atom is 0.220 e. The number of rotatable bonds is 11. The number of pyridine rings is 1. The summed E-state index contributed by atoms with van der Waals surface area (Å²) in [4.78, 5) is 16.3. The molecule has 0 unspecified atom stereocenters. The van der Waals surface area contributed by atoms with Crippen LogP contribution in [0.15, 0.2) is 30.5 Å². The molecule has 0 spiro atoms. The minimum Gasteiger partial charge on any atom is -0.384 e. The third kappa shape index (κ3) is 6.66. The van der Waals surface area contributed by atoms with Gasteiger partial charge in [-0.2, -0.15) is 0 Å². The number of carbonyl (C=O) groups is 1. The molecule has 5 heteroatoms. The Bertz CT molecular complexity index is 759. The number of fused-ring (bicyclic) bond motifs is 1. The zero-order valence-electron chi connectivity index (χ0n) is 16.7. The predicted octanol–water partition coefficient (Wildman–Crippen LogP) is 5.95. The van der Waals surface area contributed by atoms with Crippen LogP contribution in [0.4, 0.5) is 5.69 Å². The molecule has 0 saturated heterocycles. The highest BCUT2D eigenvalue weighted by atomic mass is 35.5. The second-order valence-corrected chi connectivity index (χ2v) is 8.34. The van der Waals surface area contributed by atoms with E-state index in [-0.39, 0.29) is 5.91 Å². The molecule has 28 heavy (non-hydrogen) atoms. The van der Waals surface area contributed by atoms with E-state index in [0.717, 1.165) is 61.3 Å². The Kier molecular flexibility index (Phi) is 8.41. The van der Waals surface area contributed by atoms with Crippen LogP contribution in [-0.4, -0.2) is 24.0 Å². The first-order valence-corrected chi connectivity index (χ1v) is 11.1. The van der Waals surface area contributed by atoms with Gasteiger partial charge in [0.05, 0.1) is 5.52 Å². The molecule has 2 N–H and O–H groups in total. The van der Waals surface area contributed by atoms with E-state index >= 15 is 0 Å². The molecular weight excluding hydrogens is 370 g/mol. The molecule has 152 valence electrons. The van der Waals surface area contributed by atoms with E-state index in [1.54, 1.807) is 0 Å².